The van der Waals surface area contributed by atoms with Crippen molar-refractivity contribution in [3.63, 3.8) is 0 Å². The molecule has 3 nitrogen and oxygen atoms in total. The van der Waals surface area contributed by atoms with Gasteiger partial charge in [-0.3, -0.25) is 0 Å². The van der Waals surface area contributed by atoms with Gasteiger partial charge in [-0.05, 0) is 19.1 Å². The topological polar surface area (TPSA) is 46.5 Å². The van der Waals surface area contributed by atoms with Gasteiger partial charge in [-0.15, -0.1) is 12.6 Å². The lowest BCUT2D eigenvalue weighted by Crippen LogP contribution is -2.22. The van der Waals surface area contributed by atoms with E-state index in [1.54, 1.807) is 24.3 Å². The molecule has 0 radical (unpaired) electrons. The zero-order chi connectivity index (χ0) is 9.84. The Hall–Kier alpha value is -1.16. The van der Waals surface area contributed by atoms with Crippen molar-refractivity contribution in [1.29, 1.82) is 0 Å². The molecular weight excluding hydrogens is 188 g/mol. The summed E-state index contributed by atoms with van der Waals surface area (Å²) in [4.78, 5) is 11.1. The van der Waals surface area contributed by atoms with Crippen LogP contribution in [0.1, 0.15) is 6.92 Å². The summed E-state index contributed by atoms with van der Waals surface area (Å²) in [5.41, 5.74) is 0. The predicted molar refractivity (Wildman–Crippen MR) is 51.4 cm³/mol. The summed E-state index contributed by atoms with van der Waals surface area (Å²) < 4.78 is 5.13. The monoisotopic (exact) mass is 198 g/mol. The fourth-order valence-electron chi connectivity index (χ4n) is 0.798. The van der Waals surface area contributed by atoms with E-state index in [-0.39, 0.29) is 0 Å². The van der Waals surface area contributed by atoms with Crippen molar-refractivity contribution in [3.8, 4) is 5.75 Å². The molecule has 0 amide bonds. The van der Waals surface area contributed by atoms with E-state index in [0.29, 0.717) is 10.6 Å². The molecule has 70 valence electrons. The average molecular weight is 198 g/mol. The van der Waals surface area contributed by atoms with Gasteiger partial charge in [0, 0.05) is 4.90 Å². The quantitative estimate of drug-likeness (QED) is 0.728. The maximum absolute atomic E-state index is 10.5. The van der Waals surface area contributed by atoms with Crippen LogP contribution in [0.4, 0.5) is 0 Å². The van der Waals surface area contributed by atoms with Crippen molar-refractivity contribution < 1.29 is 14.6 Å². The van der Waals surface area contributed by atoms with Gasteiger partial charge >= 0.3 is 5.97 Å². The number of benzene rings is 1. The molecule has 1 atom stereocenters. The van der Waals surface area contributed by atoms with Gasteiger partial charge in [0.2, 0.25) is 0 Å². The van der Waals surface area contributed by atoms with Crippen LogP contribution in [0.15, 0.2) is 29.2 Å². The summed E-state index contributed by atoms with van der Waals surface area (Å²) in [5.74, 6) is -0.502. The Kier molecular flexibility index (Phi) is 3.19. The van der Waals surface area contributed by atoms with Crippen LogP contribution in [0.5, 0.6) is 5.75 Å². The molecule has 0 spiro atoms. The second-order valence-electron chi connectivity index (χ2n) is 2.57. The second kappa shape index (κ2) is 4.18. The third-order valence-corrected chi connectivity index (χ3v) is 1.89. The molecule has 0 saturated heterocycles. The predicted octanol–water partition coefficient (Wildman–Crippen LogP) is 1.83. The number of carboxylic acids is 1. The zero-order valence-corrected chi connectivity index (χ0v) is 7.99. The third kappa shape index (κ3) is 2.66. The molecule has 4 heteroatoms. The van der Waals surface area contributed by atoms with Gasteiger partial charge in [0.05, 0.1) is 0 Å². The van der Waals surface area contributed by atoms with Crippen LogP contribution in [-0.4, -0.2) is 17.2 Å². The van der Waals surface area contributed by atoms with E-state index < -0.39 is 12.1 Å². The van der Waals surface area contributed by atoms with Gasteiger partial charge in [0.1, 0.15) is 5.75 Å². The molecule has 1 unspecified atom stereocenters. The first kappa shape index (κ1) is 9.92. The van der Waals surface area contributed by atoms with Crippen molar-refractivity contribution in [2.75, 3.05) is 0 Å². The van der Waals surface area contributed by atoms with Crippen LogP contribution in [0.25, 0.3) is 0 Å². The summed E-state index contributed by atoms with van der Waals surface area (Å²) in [6, 6.07) is 7.00. The minimum Gasteiger partial charge on any atom is -0.479 e. The number of para-hydroxylation sites is 1. The van der Waals surface area contributed by atoms with E-state index in [1.807, 2.05) is 0 Å². The fraction of sp³-hybridized carbons (Fsp3) is 0.222. The molecule has 1 aromatic rings. The Morgan fingerprint density at radius 1 is 1.54 bits per heavy atom. The van der Waals surface area contributed by atoms with Crippen molar-refractivity contribution in [1.82, 2.24) is 0 Å². The van der Waals surface area contributed by atoms with Gasteiger partial charge < -0.3 is 9.84 Å². The molecule has 0 aliphatic carbocycles. The average Bonchev–Trinajstić information content (AvgIpc) is 2.08. The molecule has 1 rings (SSSR count). The molecule has 0 fully saturated rings. The van der Waals surface area contributed by atoms with Gasteiger partial charge in [0.15, 0.2) is 6.10 Å². The van der Waals surface area contributed by atoms with Gasteiger partial charge in [0.25, 0.3) is 0 Å². The number of hydrogen-bond acceptors (Lipinski definition) is 3. The smallest absolute Gasteiger partial charge is 0.344 e. The summed E-state index contributed by atoms with van der Waals surface area (Å²) in [7, 11) is 0. The van der Waals surface area contributed by atoms with E-state index in [9.17, 15) is 4.79 Å². The Morgan fingerprint density at radius 3 is 2.69 bits per heavy atom. The first-order valence-corrected chi connectivity index (χ1v) is 4.23. The van der Waals surface area contributed by atoms with Crippen LogP contribution in [0.3, 0.4) is 0 Å². The Labute approximate surface area is 81.8 Å². The molecular formula is C9H10O3S. The van der Waals surface area contributed by atoms with E-state index in [2.05, 4.69) is 12.6 Å². The largest absolute Gasteiger partial charge is 0.479 e. The van der Waals surface area contributed by atoms with Crippen LogP contribution in [-0.2, 0) is 4.79 Å². The normalized spacial score (nSPS) is 12.2. The maximum Gasteiger partial charge on any atom is 0.344 e. The highest BCUT2D eigenvalue weighted by atomic mass is 32.1. The molecule has 0 aliphatic rings. The Morgan fingerprint density at radius 2 is 2.15 bits per heavy atom. The zero-order valence-electron chi connectivity index (χ0n) is 7.10. The minimum absolute atomic E-state index is 0.487. The fourth-order valence-corrected chi connectivity index (χ4v) is 1.01. The van der Waals surface area contributed by atoms with Crippen molar-refractivity contribution in [2.45, 2.75) is 17.9 Å². The lowest BCUT2D eigenvalue weighted by molar-refractivity contribution is -0.144. The summed E-state index contributed by atoms with van der Waals surface area (Å²) in [6.45, 7) is 1.47. The van der Waals surface area contributed by atoms with Crippen molar-refractivity contribution in [3.05, 3.63) is 24.3 Å². The first-order valence-electron chi connectivity index (χ1n) is 3.78. The highest BCUT2D eigenvalue weighted by molar-refractivity contribution is 7.80. The highest BCUT2D eigenvalue weighted by Gasteiger charge is 2.13. The van der Waals surface area contributed by atoms with Crippen LogP contribution in [0, 0.1) is 0 Å². The highest BCUT2D eigenvalue weighted by Crippen LogP contribution is 2.22. The molecule has 0 saturated carbocycles. The van der Waals surface area contributed by atoms with Crippen LogP contribution in [0.2, 0.25) is 0 Å². The minimum atomic E-state index is -0.989. The number of carbonyl (C=O) groups is 1. The third-order valence-electron chi connectivity index (χ3n) is 1.52. The molecule has 1 aromatic carbocycles. The van der Waals surface area contributed by atoms with E-state index >= 15 is 0 Å². The maximum atomic E-state index is 10.5. The molecule has 13 heavy (non-hydrogen) atoms. The van der Waals surface area contributed by atoms with Crippen molar-refractivity contribution >= 4 is 18.6 Å². The standard InChI is InChI=1S/C9H10O3S/c1-6(9(10)11)12-7-4-2-3-5-8(7)13/h2-6,13H,1H3,(H,10,11). The van der Waals surface area contributed by atoms with E-state index in [0.717, 1.165) is 0 Å². The van der Waals surface area contributed by atoms with E-state index in [4.69, 9.17) is 9.84 Å². The summed E-state index contributed by atoms with van der Waals surface area (Å²) >= 11 is 4.12. The number of rotatable bonds is 3. The SMILES string of the molecule is CC(Oc1ccccc1S)C(=O)O. The number of carboxylic acid groups (broad SMARTS) is 1. The summed E-state index contributed by atoms with van der Waals surface area (Å²) in [6.07, 6.45) is -0.853. The van der Waals surface area contributed by atoms with Crippen LogP contribution < -0.4 is 4.74 Å². The lowest BCUT2D eigenvalue weighted by Gasteiger charge is -2.11. The first-order chi connectivity index (χ1) is 6.11. The molecule has 0 heterocycles. The number of ether oxygens (including phenoxy) is 1. The summed E-state index contributed by atoms with van der Waals surface area (Å²) in [5, 5.41) is 8.58. The van der Waals surface area contributed by atoms with Gasteiger partial charge in [-0.1, -0.05) is 12.1 Å². The Bertz CT molecular complexity index is 311. The van der Waals surface area contributed by atoms with Crippen molar-refractivity contribution in [2.24, 2.45) is 0 Å². The molecule has 1 N–H and O–H groups in total. The second-order valence-corrected chi connectivity index (χ2v) is 3.05. The van der Waals surface area contributed by atoms with E-state index in [1.165, 1.54) is 6.92 Å². The van der Waals surface area contributed by atoms with Crippen LogP contribution >= 0.6 is 12.6 Å². The number of aliphatic carboxylic acids is 1. The number of thiol groups is 1. The molecule has 0 aromatic heterocycles. The molecule has 0 aliphatic heterocycles. The van der Waals surface area contributed by atoms with Gasteiger partial charge in [-0.2, -0.15) is 0 Å². The van der Waals surface area contributed by atoms with Gasteiger partial charge in [-0.25, -0.2) is 4.79 Å². The number of hydrogen-bond donors (Lipinski definition) is 2. The lowest BCUT2D eigenvalue weighted by atomic mass is 10.3. The Balaban J connectivity index is 2.74. The molecule has 0 bridgehead atoms.